The zero-order valence-electron chi connectivity index (χ0n) is 10.9. The van der Waals surface area contributed by atoms with Crippen LogP contribution in [0.1, 0.15) is 18.4 Å². The van der Waals surface area contributed by atoms with E-state index in [1.54, 1.807) is 12.4 Å². The van der Waals surface area contributed by atoms with Crippen LogP contribution in [0, 0.1) is 5.41 Å². The summed E-state index contributed by atoms with van der Waals surface area (Å²) in [7, 11) is 0. The summed E-state index contributed by atoms with van der Waals surface area (Å²) in [6, 6.07) is 1.98. The van der Waals surface area contributed by atoms with Crippen molar-refractivity contribution in [2.45, 2.75) is 19.3 Å². The molecule has 3 heterocycles. The fourth-order valence-corrected chi connectivity index (χ4v) is 2.81. The summed E-state index contributed by atoms with van der Waals surface area (Å²) in [6.07, 6.45) is 6.64. The molecular formula is C13H15BrN6. The number of nitrogens with one attached hydrogen (secondary N) is 2. The van der Waals surface area contributed by atoms with E-state index in [0.717, 1.165) is 52.9 Å². The molecule has 0 amide bonds. The number of aromatic nitrogens is 3. The summed E-state index contributed by atoms with van der Waals surface area (Å²) in [4.78, 5) is 4.19. The first-order valence-electron chi connectivity index (χ1n) is 6.48. The Hall–Kier alpha value is -1.89. The highest BCUT2D eigenvalue weighted by Gasteiger charge is 2.22. The van der Waals surface area contributed by atoms with E-state index in [1.807, 2.05) is 6.07 Å². The van der Waals surface area contributed by atoms with Crippen molar-refractivity contribution in [2.75, 3.05) is 11.9 Å². The van der Waals surface area contributed by atoms with Gasteiger partial charge in [-0.2, -0.15) is 9.78 Å². The van der Waals surface area contributed by atoms with Crippen molar-refractivity contribution in [1.29, 1.82) is 5.41 Å². The summed E-state index contributed by atoms with van der Waals surface area (Å²) in [6.45, 7) is 0.877. The van der Waals surface area contributed by atoms with Gasteiger partial charge >= 0.3 is 0 Å². The van der Waals surface area contributed by atoms with Gasteiger partial charge in [-0.05, 0) is 41.3 Å². The van der Waals surface area contributed by atoms with E-state index < -0.39 is 0 Å². The third-order valence-electron chi connectivity index (χ3n) is 3.34. The fourth-order valence-electron chi connectivity index (χ4n) is 2.45. The lowest BCUT2D eigenvalue weighted by molar-refractivity contribution is 0.781. The SMILES string of the molecule is N=C(N)n1nc(-c2cncc(Br)c2)c2c1NCCCC2. The van der Waals surface area contributed by atoms with Crippen LogP contribution in [-0.2, 0) is 6.42 Å². The maximum absolute atomic E-state index is 7.68. The molecule has 0 atom stereocenters. The maximum Gasteiger partial charge on any atom is 0.215 e. The fraction of sp³-hybridized carbons (Fsp3) is 0.308. The maximum atomic E-state index is 7.68. The third-order valence-corrected chi connectivity index (χ3v) is 3.77. The molecule has 2 aromatic rings. The molecule has 1 aliphatic rings. The first-order chi connectivity index (χ1) is 9.66. The zero-order valence-corrected chi connectivity index (χ0v) is 12.4. The standard InChI is InChI=1S/C13H15BrN6/c14-9-5-8(6-17-7-9)11-10-3-1-2-4-18-12(10)20(19-11)13(15)16/h5-7,18H,1-4H2,(H3,15,16). The molecule has 104 valence electrons. The van der Waals surface area contributed by atoms with Gasteiger partial charge in [0.1, 0.15) is 5.82 Å². The van der Waals surface area contributed by atoms with Crippen LogP contribution in [0.5, 0.6) is 0 Å². The molecule has 0 radical (unpaired) electrons. The molecule has 0 saturated carbocycles. The van der Waals surface area contributed by atoms with E-state index >= 15 is 0 Å². The van der Waals surface area contributed by atoms with Crippen LogP contribution in [0.25, 0.3) is 11.3 Å². The molecule has 3 rings (SSSR count). The van der Waals surface area contributed by atoms with Gasteiger partial charge in [0.15, 0.2) is 0 Å². The molecule has 0 unspecified atom stereocenters. The summed E-state index contributed by atoms with van der Waals surface area (Å²) in [5.74, 6) is 0.759. The van der Waals surface area contributed by atoms with Crippen molar-refractivity contribution in [3.63, 3.8) is 0 Å². The van der Waals surface area contributed by atoms with Crippen LogP contribution in [-0.4, -0.2) is 27.3 Å². The first kappa shape index (κ1) is 13.1. The third kappa shape index (κ3) is 2.29. The molecule has 0 saturated heterocycles. The number of anilines is 1. The number of hydrogen-bond acceptors (Lipinski definition) is 4. The first-order valence-corrected chi connectivity index (χ1v) is 7.27. The molecule has 0 aromatic carbocycles. The normalized spacial score (nSPS) is 14.2. The Labute approximate surface area is 125 Å². The minimum Gasteiger partial charge on any atom is -0.370 e. The van der Waals surface area contributed by atoms with E-state index in [4.69, 9.17) is 11.1 Å². The Kier molecular flexibility index (Phi) is 3.43. The molecule has 20 heavy (non-hydrogen) atoms. The number of fused-ring (bicyclic) bond motifs is 1. The predicted molar refractivity (Wildman–Crippen MR) is 81.9 cm³/mol. The second kappa shape index (κ2) is 5.24. The molecule has 0 fully saturated rings. The van der Waals surface area contributed by atoms with Crippen LogP contribution >= 0.6 is 15.9 Å². The van der Waals surface area contributed by atoms with E-state index in [0.29, 0.717) is 0 Å². The lowest BCUT2D eigenvalue weighted by Crippen LogP contribution is -2.24. The van der Waals surface area contributed by atoms with E-state index in [2.05, 4.69) is 31.3 Å². The number of nitrogens with zero attached hydrogens (tertiary/aromatic N) is 3. The molecule has 7 heteroatoms. The number of pyridine rings is 1. The van der Waals surface area contributed by atoms with Crippen LogP contribution in [0.15, 0.2) is 22.9 Å². The van der Waals surface area contributed by atoms with Crippen LogP contribution in [0.3, 0.4) is 0 Å². The van der Waals surface area contributed by atoms with Gasteiger partial charge < -0.3 is 11.1 Å². The van der Waals surface area contributed by atoms with Gasteiger partial charge in [-0.15, -0.1) is 0 Å². The van der Waals surface area contributed by atoms with Crippen LogP contribution in [0.4, 0.5) is 5.82 Å². The zero-order chi connectivity index (χ0) is 14.1. The molecule has 4 N–H and O–H groups in total. The summed E-state index contributed by atoms with van der Waals surface area (Å²) in [5.41, 5.74) is 8.51. The number of rotatable bonds is 1. The van der Waals surface area contributed by atoms with Gasteiger partial charge in [0.25, 0.3) is 0 Å². The number of nitrogen functional groups attached to an aromatic ring is 1. The number of hydrogen-bond donors (Lipinski definition) is 3. The Morgan fingerprint density at radius 2 is 2.25 bits per heavy atom. The van der Waals surface area contributed by atoms with Crippen molar-refractivity contribution in [3.05, 3.63) is 28.5 Å². The van der Waals surface area contributed by atoms with Crippen molar-refractivity contribution >= 4 is 27.7 Å². The highest BCUT2D eigenvalue weighted by molar-refractivity contribution is 9.10. The minimum atomic E-state index is -0.0788. The number of nitrogens with two attached hydrogens (primary N) is 1. The molecular weight excluding hydrogens is 320 g/mol. The molecule has 0 spiro atoms. The lowest BCUT2D eigenvalue weighted by atomic mass is 10.1. The monoisotopic (exact) mass is 334 g/mol. The largest absolute Gasteiger partial charge is 0.370 e. The summed E-state index contributed by atoms with van der Waals surface area (Å²) in [5, 5.41) is 15.5. The Bertz CT molecular complexity index is 663. The van der Waals surface area contributed by atoms with Crippen molar-refractivity contribution in [2.24, 2.45) is 5.73 Å². The summed E-state index contributed by atoms with van der Waals surface area (Å²) >= 11 is 3.43. The van der Waals surface area contributed by atoms with Crippen LogP contribution in [0.2, 0.25) is 0 Å². The topological polar surface area (TPSA) is 92.6 Å². The number of halogens is 1. The van der Waals surface area contributed by atoms with Gasteiger partial charge in [-0.25, -0.2) is 0 Å². The smallest absolute Gasteiger partial charge is 0.215 e. The van der Waals surface area contributed by atoms with Gasteiger partial charge in [-0.1, -0.05) is 0 Å². The molecule has 1 aliphatic heterocycles. The van der Waals surface area contributed by atoms with E-state index in [-0.39, 0.29) is 5.96 Å². The average Bonchev–Trinajstić information content (AvgIpc) is 2.61. The van der Waals surface area contributed by atoms with Crippen molar-refractivity contribution in [1.82, 2.24) is 14.8 Å². The van der Waals surface area contributed by atoms with Gasteiger partial charge in [0.2, 0.25) is 5.96 Å². The Morgan fingerprint density at radius 1 is 1.40 bits per heavy atom. The molecule has 0 aliphatic carbocycles. The Balaban J connectivity index is 2.18. The van der Waals surface area contributed by atoms with E-state index in [1.165, 1.54) is 4.68 Å². The quantitative estimate of drug-likeness (QED) is 0.550. The molecule has 6 nitrogen and oxygen atoms in total. The van der Waals surface area contributed by atoms with Gasteiger partial charge in [-0.3, -0.25) is 10.4 Å². The highest BCUT2D eigenvalue weighted by atomic mass is 79.9. The average molecular weight is 335 g/mol. The predicted octanol–water partition coefficient (Wildman–Crippen LogP) is 2.20. The second-order valence-corrected chi connectivity index (χ2v) is 5.66. The lowest BCUT2D eigenvalue weighted by Gasteiger charge is -2.06. The summed E-state index contributed by atoms with van der Waals surface area (Å²) < 4.78 is 2.37. The van der Waals surface area contributed by atoms with E-state index in [9.17, 15) is 0 Å². The molecule has 2 aromatic heterocycles. The molecule has 0 bridgehead atoms. The minimum absolute atomic E-state index is 0.0788. The Morgan fingerprint density at radius 3 is 3.00 bits per heavy atom. The van der Waals surface area contributed by atoms with Crippen molar-refractivity contribution < 1.29 is 0 Å². The van der Waals surface area contributed by atoms with Crippen molar-refractivity contribution in [3.8, 4) is 11.3 Å². The van der Waals surface area contributed by atoms with Gasteiger partial charge in [0, 0.05) is 34.5 Å². The highest BCUT2D eigenvalue weighted by Crippen LogP contribution is 2.32. The van der Waals surface area contributed by atoms with Crippen LogP contribution < -0.4 is 11.1 Å². The van der Waals surface area contributed by atoms with Gasteiger partial charge in [0.05, 0.1) is 5.69 Å². The second-order valence-electron chi connectivity index (χ2n) is 4.75.